The number of halogens is 10. The van der Waals surface area contributed by atoms with E-state index < -0.39 is 101 Å². The van der Waals surface area contributed by atoms with E-state index in [0.717, 1.165) is 0 Å². The minimum Gasteiger partial charge on any atom is -0.390 e. The highest BCUT2D eigenvalue weighted by Crippen LogP contribution is 2.67. The van der Waals surface area contributed by atoms with Crippen molar-refractivity contribution >= 4 is 109 Å². The monoisotopic (exact) mass is 912 g/mol. The van der Waals surface area contributed by atoms with Gasteiger partial charge >= 0.3 is 43.5 Å². The maximum absolute atomic E-state index is 14.2. The van der Waals surface area contributed by atoms with Crippen molar-refractivity contribution in [1.29, 1.82) is 0 Å². The van der Waals surface area contributed by atoms with E-state index in [9.17, 15) is 46.0 Å². The molecule has 2 saturated heterocycles. The predicted molar refractivity (Wildman–Crippen MR) is 156 cm³/mol. The van der Waals surface area contributed by atoms with Crippen LogP contribution in [-0.4, -0.2) is 107 Å². The van der Waals surface area contributed by atoms with Gasteiger partial charge in [0.05, 0.1) is 18.3 Å². The fraction of sp³-hybridized carbons (Fsp3) is 1.00. The molecule has 2 aliphatic rings. The summed E-state index contributed by atoms with van der Waals surface area (Å²) in [5, 5.41) is 18.9. The van der Waals surface area contributed by atoms with Gasteiger partial charge in [0, 0.05) is 12.4 Å². The summed E-state index contributed by atoms with van der Waals surface area (Å²) in [5.74, 6) is 0. The highest BCUT2D eigenvalue weighted by Gasteiger charge is 2.57. The largest absolute Gasteiger partial charge is 0.490 e. The quantitative estimate of drug-likeness (QED) is 0.0603. The lowest BCUT2D eigenvalue weighted by Crippen LogP contribution is -2.42. The molecule has 8 atom stereocenters. The molecule has 0 aromatic heterocycles. The highest BCUT2D eigenvalue weighted by molar-refractivity contribution is 7.66. The van der Waals surface area contributed by atoms with Crippen LogP contribution in [0.15, 0.2) is 0 Å². The van der Waals surface area contributed by atoms with Crippen LogP contribution in [0.4, 0.5) is 17.6 Å². The molecule has 0 aromatic rings. The SMILES string of the molecule is C[C@H]1CC(O)[C@@H](C(F)(F)OP(=O)(O)OP(=O)(O)OP(=O)(O)O)O1.[B][C@H]1CC(O)[C@@H](C(F)(F)OP(=O)(OCC(Cl)(Cl)Cl)OCC(Cl)(Cl)Cl)O1. The van der Waals surface area contributed by atoms with Crippen LogP contribution in [0.3, 0.4) is 0 Å². The number of hydrogen-bond donors (Lipinski definition) is 6. The van der Waals surface area contributed by atoms with Gasteiger partial charge in [0.2, 0.25) is 7.59 Å². The molecule has 2 radical (unpaired) electrons. The molecule has 48 heavy (non-hydrogen) atoms. The summed E-state index contributed by atoms with van der Waals surface area (Å²) in [6.07, 6.45) is -18.5. The minimum atomic E-state index is -6.04. The normalized spacial score (nSPS) is 28.8. The average molecular weight is 915 g/mol. The summed E-state index contributed by atoms with van der Waals surface area (Å²) in [6, 6.07) is -1.18. The van der Waals surface area contributed by atoms with E-state index in [0.29, 0.717) is 0 Å². The third-order valence-electron chi connectivity index (χ3n) is 4.77. The molecule has 0 amide bonds. The Labute approximate surface area is 298 Å². The zero-order chi connectivity index (χ0) is 37.9. The first-order valence-corrected chi connectivity index (χ1v) is 20.1. The van der Waals surface area contributed by atoms with Gasteiger partial charge in [-0.1, -0.05) is 69.6 Å². The Bertz CT molecular complexity index is 1260. The zero-order valence-corrected chi connectivity index (χ0v) is 31.1. The van der Waals surface area contributed by atoms with Gasteiger partial charge in [-0.2, -0.15) is 26.2 Å². The van der Waals surface area contributed by atoms with E-state index in [-0.39, 0.29) is 12.8 Å². The summed E-state index contributed by atoms with van der Waals surface area (Å²) in [7, 11) is -17.4. The molecule has 0 bridgehead atoms. The van der Waals surface area contributed by atoms with Crippen molar-refractivity contribution in [1.82, 2.24) is 0 Å². The van der Waals surface area contributed by atoms with Crippen LogP contribution < -0.4 is 0 Å². The second kappa shape index (κ2) is 17.6. The van der Waals surface area contributed by atoms with Crippen LogP contribution in [0.5, 0.6) is 0 Å². The summed E-state index contributed by atoms with van der Waals surface area (Å²) in [4.78, 5) is 34.4. The standard InChI is InChI=1S/C9H10BCl6F2O6P.C6H13F2O12P3/c10-5-1-4(19)6(23-5)9(17,18)24-25(20,21-2-7(11,12)13)22-3-8(14,15)16;1-3-2-4(9)5(17-3)6(7,8)18-22(13,14)20-23(15,16)19-21(10,11)12/h4-6,19H,1-3H2;3-5,9H,2H2,1H3,(H,13,14)(H,15,16)(H2,10,11,12)/t4?,5-,6+;3-,4?,5-/m10/s1. The van der Waals surface area contributed by atoms with Crippen LogP contribution in [-0.2, 0) is 54.5 Å². The number of aliphatic hydroxyl groups is 2. The van der Waals surface area contributed by atoms with Gasteiger partial charge in [-0.15, -0.1) is 0 Å². The number of aliphatic hydroxyl groups excluding tert-OH is 2. The highest BCUT2D eigenvalue weighted by atomic mass is 35.6. The van der Waals surface area contributed by atoms with Crippen molar-refractivity contribution in [2.75, 3.05) is 13.2 Å². The number of phosphoric acid groups is 4. The Morgan fingerprint density at radius 1 is 0.729 bits per heavy atom. The zero-order valence-electron chi connectivity index (χ0n) is 23.0. The molecule has 18 nitrogen and oxygen atoms in total. The lowest BCUT2D eigenvalue weighted by Gasteiger charge is -2.29. The van der Waals surface area contributed by atoms with Crippen molar-refractivity contribution in [2.45, 2.75) is 76.1 Å². The fourth-order valence-electron chi connectivity index (χ4n) is 3.26. The van der Waals surface area contributed by atoms with E-state index in [1.807, 2.05) is 0 Å². The summed E-state index contributed by atoms with van der Waals surface area (Å²) < 4.78 is 129. The summed E-state index contributed by atoms with van der Waals surface area (Å²) in [6.45, 7) is -0.596. The first-order chi connectivity index (χ1) is 21.1. The number of alkyl halides is 10. The molecule has 0 saturated carbocycles. The second-order valence-electron chi connectivity index (χ2n) is 9.19. The van der Waals surface area contributed by atoms with Crippen LogP contribution in [0.2, 0.25) is 0 Å². The molecule has 2 aliphatic heterocycles. The van der Waals surface area contributed by atoms with Crippen molar-refractivity contribution < 1.29 is 102 Å². The molecule has 0 spiro atoms. The van der Waals surface area contributed by atoms with E-state index in [4.69, 9.17) is 97.0 Å². The third-order valence-corrected chi connectivity index (χ3v) is 10.6. The first kappa shape index (κ1) is 47.9. The Balaban J connectivity index is 0.000000482. The van der Waals surface area contributed by atoms with Gasteiger partial charge < -0.3 is 39.3 Å². The Morgan fingerprint density at radius 3 is 1.50 bits per heavy atom. The van der Waals surface area contributed by atoms with Crippen LogP contribution in [0.1, 0.15) is 19.8 Å². The average Bonchev–Trinajstić information content (AvgIpc) is 3.33. The molecule has 4 unspecified atom stereocenters. The van der Waals surface area contributed by atoms with E-state index in [1.54, 1.807) is 0 Å². The molecule has 0 aromatic carbocycles. The minimum absolute atomic E-state index is 0.236. The Kier molecular flexibility index (Phi) is 17.5. The van der Waals surface area contributed by atoms with Gasteiger partial charge in [-0.25, -0.2) is 27.3 Å². The summed E-state index contributed by atoms with van der Waals surface area (Å²) >= 11 is 32.4. The lowest BCUT2D eigenvalue weighted by molar-refractivity contribution is -0.266. The van der Waals surface area contributed by atoms with E-state index in [1.165, 1.54) is 6.92 Å². The van der Waals surface area contributed by atoms with Crippen molar-refractivity contribution in [3.8, 4) is 0 Å². The van der Waals surface area contributed by atoms with Crippen LogP contribution in [0, 0.1) is 0 Å². The van der Waals surface area contributed by atoms with Crippen LogP contribution >= 0.6 is 101 Å². The third kappa shape index (κ3) is 18.3. The first-order valence-electron chi connectivity index (χ1n) is 11.8. The fourth-order valence-corrected chi connectivity index (χ4v) is 8.38. The molecule has 2 fully saturated rings. The molecule has 6 N–H and O–H groups in total. The maximum Gasteiger partial charge on any atom is 0.490 e. The molecule has 2 heterocycles. The number of phosphoric ester groups is 2. The van der Waals surface area contributed by atoms with Gasteiger partial charge in [0.15, 0.2) is 12.2 Å². The maximum atomic E-state index is 14.2. The molecule has 284 valence electrons. The topological polar surface area (TPSA) is 263 Å². The Morgan fingerprint density at radius 2 is 1.15 bits per heavy atom. The van der Waals surface area contributed by atoms with E-state index >= 15 is 0 Å². The van der Waals surface area contributed by atoms with Crippen LogP contribution in [0.25, 0.3) is 0 Å². The number of hydrogen-bond acceptors (Lipinski definition) is 14. The van der Waals surface area contributed by atoms with Crippen molar-refractivity contribution in [2.24, 2.45) is 0 Å². The summed E-state index contributed by atoms with van der Waals surface area (Å²) in [5.41, 5.74) is 0. The number of ether oxygens (including phenoxy) is 2. The second-order valence-corrected chi connectivity index (χ2v) is 20.2. The Hall–Kier alpha value is 1.88. The molecule has 2 rings (SSSR count). The predicted octanol–water partition coefficient (Wildman–Crippen LogP) is 4.58. The van der Waals surface area contributed by atoms with Gasteiger partial charge in [0.25, 0.3) is 0 Å². The number of rotatable bonds is 14. The molecular formula is C15H23BCl6F4O18P4. The molecular weight excluding hydrogens is 892 g/mol. The van der Waals surface area contributed by atoms with Crippen molar-refractivity contribution in [3.05, 3.63) is 0 Å². The van der Waals surface area contributed by atoms with Gasteiger partial charge in [0.1, 0.15) is 21.1 Å². The van der Waals surface area contributed by atoms with Gasteiger partial charge in [-0.05, 0) is 13.3 Å². The molecule has 33 heteroatoms. The smallest absolute Gasteiger partial charge is 0.390 e. The lowest BCUT2D eigenvalue weighted by atomic mass is 9.96. The molecule has 0 aliphatic carbocycles. The van der Waals surface area contributed by atoms with E-state index in [2.05, 4.69) is 36.2 Å². The van der Waals surface area contributed by atoms with Crippen molar-refractivity contribution in [3.63, 3.8) is 0 Å². The van der Waals surface area contributed by atoms with Gasteiger partial charge in [-0.3, -0.25) is 9.05 Å².